The molecule has 1 aromatic heterocycles. The zero-order valence-corrected chi connectivity index (χ0v) is 16.8. The van der Waals surface area contributed by atoms with E-state index in [4.69, 9.17) is 4.74 Å². The number of carbonyl (C=O) groups excluding carboxylic acids is 2. The van der Waals surface area contributed by atoms with Gasteiger partial charge in [0, 0.05) is 11.1 Å². The van der Waals surface area contributed by atoms with Crippen molar-refractivity contribution in [1.29, 1.82) is 0 Å². The van der Waals surface area contributed by atoms with Crippen molar-refractivity contribution >= 4 is 28.3 Å². The van der Waals surface area contributed by atoms with Crippen LogP contribution in [0.25, 0.3) is 10.8 Å². The Morgan fingerprint density at radius 2 is 1.72 bits per heavy atom. The quantitative estimate of drug-likeness (QED) is 0.649. The molecule has 0 aliphatic heterocycles. The molecule has 0 bridgehead atoms. The van der Waals surface area contributed by atoms with Gasteiger partial charge in [-0.1, -0.05) is 35.9 Å². The molecule has 0 spiro atoms. The van der Waals surface area contributed by atoms with Gasteiger partial charge in [0.1, 0.15) is 0 Å². The molecular weight excluding hydrogens is 370 g/mol. The van der Waals surface area contributed by atoms with Gasteiger partial charge in [0.2, 0.25) is 0 Å². The molecule has 2 N–H and O–H groups in total. The van der Waals surface area contributed by atoms with Gasteiger partial charge in [-0.2, -0.15) is 5.10 Å². The molecule has 2 aromatic carbocycles. The molecule has 0 radical (unpaired) electrons. The molecule has 1 atom stereocenters. The number of fused-ring (bicyclic) bond motifs is 1. The third-order valence-electron chi connectivity index (χ3n) is 4.69. The maximum atomic E-state index is 12.5. The van der Waals surface area contributed by atoms with E-state index in [2.05, 4.69) is 15.5 Å². The third kappa shape index (κ3) is 4.51. The van der Waals surface area contributed by atoms with Crippen LogP contribution in [0.5, 0.6) is 0 Å². The standard InChI is InChI=1S/C22H23N3O4/c1-12-9-13(2)20(14(3)10-12)23-21(27)15(4)29-19(26)11-18-16-7-5-6-8-17(16)22(28)25-24-18/h5-10,15H,11H2,1-4H3,(H,23,27)(H,25,28)/t15-/m1/s1. The fourth-order valence-electron chi connectivity index (χ4n) is 3.34. The number of esters is 1. The molecule has 7 heteroatoms. The number of H-pyrrole nitrogens is 1. The SMILES string of the molecule is Cc1cc(C)c(NC(=O)[C@@H](C)OC(=O)Cc2n[nH]c(=O)c3ccccc23)c(C)c1. The van der Waals surface area contributed by atoms with E-state index in [0.717, 1.165) is 22.4 Å². The van der Waals surface area contributed by atoms with Crippen molar-refractivity contribution in [3.63, 3.8) is 0 Å². The van der Waals surface area contributed by atoms with Gasteiger partial charge in [0.05, 0.1) is 17.5 Å². The predicted molar refractivity (Wildman–Crippen MR) is 111 cm³/mol. The lowest BCUT2D eigenvalue weighted by Gasteiger charge is -2.17. The normalized spacial score (nSPS) is 11.9. The van der Waals surface area contributed by atoms with Crippen molar-refractivity contribution < 1.29 is 14.3 Å². The molecule has 0 unspecified atom stereocenters. The van der Waals surface area contributed by atoms with Crippen molar-refractivity contribution in [2.24, 2.45) is 0 Å². The Bertz CT molecular complexity index is 1130. The van der Waals surface area contributed by atoms with Gasteiger partial charge >= 0.3 is 5.97 Å². The summed E-state index contributed by atoms with van der Waals surface area (Å²) >= 11 is 0. The summed E-state index contributed by atoms with van der Waals surface area (Å²) in [6.07, 6.45) is -1.13. The molecule has 0 saturated carbocycles. The second kappa shape index (κ2) is 8.26. The zero-order valence-electron chi connectivity index (χ0n) is 16.8. The van der Waals surface area contributed by atoms with Crippen LogP contribution in [0.15, 0.2) is 41.2 Å². The first-order chi connectivity index (χ1) is 13.8. The summed E-state index contributed by atoms with van der Waals surface area (Å²) in [5.41, 5.74) is 3.78. The van der Waals surface area contributed by atoms with Gasteiger partial charge in [-0.15, -0.1) is 0 Å². The van der Waals surface area contributed by atoms with Crippen LogP contribution >= 0.6 is 0 Å². The fourth-order valence-corrected chi connectivity index (χ4v) is 3.34. The van der Waals surface area contributed by atoms with Crippen molar-refractivity contribution in [2.75, 3.05) is 5.32 Å². The minimum atomic E-state index is -0.975. The van der Waals surface area contributed by atoms with Gasteiger partial charge in [-0.25, -0.2) is 5.10 Å². The number of anilines is 1. The summed E-state index contributed by atoms with van der Waals surface area (Å²) in [5.74, 6) is -1.01. The average Bonchev–Trinajstić information content (AvgIpc) is 2.66. The maximum Gasteiger partial charge on any atom is 0.312 e. The van der Waals surface area contributed by atoms with Crippen LogP contribution in [0.4, 0.5) is 5.69 Å². The van der Waals surface area contributed by atoms with Crippen LogP contribution in [-0.4, -0.2) is 28.2 Å². The smallest absolute Gasteiger partial charge is 0.312 e. The number of ether oxygens (including phenoxy) is 1. The lowest BCUT2D eigenvalue weighted by molar-refractivity contribution is -0.152. The number of nitrogens with zero attached hydrogens (tertiary/aromatic N) is 1. The van der Waals surface area contributed by atoms with Crippen molar-refractivity contribution in [3.8, 4) is 0 Å². The van der Waals surface area contributed by atoms with Gasteiger partial charge in [-0.3, -0.25) is 14.4 Å². The highest BCUT2D eigenvalue weighted by atomic mass is 16.5. The summed E-state index contributed by atoms with van der Waals surface area (Å²) in [5, 5.41) is 10.2. The van der Waals surface area contributed by atoms with Crippen LogP contribution in [0.3, 0.4) is 0 Å². The number of amides is 1. The molecular formula is C22H23N3O4. The molecule has 150 valence electrons. The molecule has 7 nitrogen and oxygen atoms in total. The number of nitrogens with one attached hydrogen (secondary N) is 2. The summed E-state index contributed by atoms with van der Waals surface area (Å²) in [6, 6.07) is 10.8. The van der Waals surface area contributed by atoms with Gasteiger partial charge < -0.3 is 10.1 Å². The highest BCUT2D eigenvalue weighted by molar-refractivity contribution is 5.96. The van der Waals surface area contributed by atoms with Gasteiger partial charge in [0.15, 0.2) is 6.10 Å². The third-order valence-corrected chi connectivity index (χ3v) is 4.69. The minimum Gasteiger partial charge on any atom is -0.452 e. The number of aryl methyl sites for hydroxylation is 3. The largest absolute Gasteiger partial charge is 0.452 e. The van der Waals surface area contributed by atoms with Gasteiger partial charge in [-0.05, 0) is 44.9 Å². The predicted octanol–water partition coefficient (Wildman–Crippen LogP) is 2.96. The first-order valence-corrected chi connectivity index (χ1v) is 9.30. The number of rotatable bonds is 5. The lowest BCUT2D eigenvalue weighted by atomic mass is 10.0. The number of aromatic nitrogens is 2. The molecule has 0 saturated heterocycles. The number of hydrogen-bond donors (Lipinski definition) is 2. The molecule has 3 aromatic rings. The Labute approximate surface area is 168 Å². The molecule has 1 heterocycles. The molecule has 0 fully saturated rings. The van der Waals surface area contributed by atoms with E-state index in [1.54, 1.807) is 24.3 Å². The highest BCUT2D eigenvalue weighted by Crippen LogP contribution is 2.22. The molecule has 0 aliphatic rings. The van der Waals surface area contributed by atoms with Crippen LogP contribution in [0.1, 0.15) is 29.3 Å². The highest BCUT2D eigenvalue weighted by Gasteiger charge is 2.21. The van der Waals surface area contributed by atoms with E-state index in [-0.39, 0.29) is 12.0 Å². The minimum absolute atomic E-state index is 0.155. The zero-order chi connectivity index (χ0) is 21.1. The fraction of sp³-hybridized carbons (Fsp3) is 0.273. The Balaban J connectivity index is 1.69. The summed E-state index contributed by atoms with van der Waals surface area (Å²) < 4.78 is 5.29. The van der Waals surface area contributed by atoms with Gasteiger partial charge in [0.25, 0.3) is 11.5 Å². The number of benzene rings is 2. The van der Waals surface area contributed by atoms with Crippen LogP contribution in [0.2, 0.25) is 0 Å². The van der Waals surface area contributed by atoms with Crippen LogP contribution in [-0.2, 0) is 20.7 Å². The average molecular weight is 393 g/mol. The van der Waals surface area contributed by atoms with E-state index in [0.29, 0.717) is 16.5 Å². The summed E-state index contributed by atoms with van der Waals surface area (Å²) in [4.78, 5) is 36.7. The van der Waals surface area contributed by atoms with Crippen LogP contribution < -0.4 is 10.9 Å². The van der Waals surface area contributed by atoms with E-state index in [1.165, 1.54) is 6.92 Å². The summed E-state index contributed by atoms with van der Waals surface area (Å²) in [6.45, 7) is 7.34. The Morgan fingerprint density at radius 1 is 1.10 bits per heavy atom. The second-order valence-electron chi connectivity index (χ2n) is 7.12. The Hall–Kier alpha value is -3.48. The lowest BCUT2D eigenvalue weighted by Crippen LogP contribution is -2.31. The molecule has 0 aliphatic carbocycles. The monoisotopic (exact) mass is 393 g/mol. The molecule has 29 heavy (non-hydrogen) atoms. The second-order valence-corrected chi connectivity index (χ2v) is 7.12. The van der Waals surface area contributed by atoms with Crippen molar-refractivity contribution in [3.05, 3.63) is 69.1 Å². The summed E-state index contributed by atoms with van der Waals surface area (Å²) in [7, 11) is 0. The van der Waals surface area contributed by atoms with Crippen molar-refractivity contribution in [2.45, 2.75) is 40.2 Å². The Kier molecular flexibility index (Phi) is 5.77. The van der Waals surface area contributed by atoms with E-state index in [1.807, 2.05) is 32.9 Å². The molecule has 1 amide bonds. The maximum absolute atomic E-state index is 12.5. The Morgan fingerprint density at radius 3 is 2.38 bits per heavy atom. The number of aromatic amines is 1. The van der Waals surface area contributed by atoms with E-state index < -0.39 is 18.0 Å². The van der Waals surface area contributed by atoms with Crippen molar-refractivity contribution in [1.82, 2.24) is 10.2 Å². The number of carbonyl (C=O) groups is 2. The number of hydrogen-bond acceptors (Lipinski definition) is 5. The topological polar surface area (TPSA) is 101 Å². The first-order valence-electron chi connectivity index (χ1n) is 9.30. The van der Waals surface area contributed by atoms with Crippen LogP contribution in [0, 0.1) is 20.8 Å². The van der Waals surface area contributed by atoms with E-state index in [9.17, 15) is 14.4 Å². The first kappa shape index (κ1) is 20.3. The molecule has 3 rings (SSSR count). The van der Waals surface area contributed by atoms with E-state index >= 15 is 0 Å².